The molecule has 12 N–H and O–H groups in total. The number of allylic oxidation sites excluding steroid dienone is 9. The van der Waals surface area contributed by atoms with Crippen LogP contribution in [0.1, 0.15) is 284 Å². The first-order valence-corrected chi connectivity index (χ1v) is 38.0. The van der Waals surface area contributed by atoms with Crippen molar-refractivity contribution in [2.45, 2.75) is 388 Å². The molecule has 3 heterocycles. The maximum atomic E-state index is 13.4. The number of carbonyl (C=O) groups excluding carboxylic acids is 1. The molecule has 3 fully saturated rings. The number of rotatable bonds is 59. The molecule has 3 rings (SSSR count). The Bertz CT molecular complexity index is 1950. The molecule has 1 amide bonds. The molecule has 0 radical (unpaired) electrons. The van der Waals surface area contributed by atoms with Gasteiger partial charge in [-0.15, -0.1) is 0 Å². The molecule has 17 atom stereocenters. The molecule has 19 nitrogen and oxygen atoms in total. The van der Waals surface area contributed by atoms with Crippen molar-refractivity contribution >= 4 is 5.91 Å². The predicted octanol–water partition coefficient (Wildman–Crippen LogP) is 11.5. The van der Waals surface area contributed by atoms with Crippen molar-refractivity contribution in [1.29, 1.82) is 0 Å². The van der Waals surface area contributed by atoms with Gasteiger partial charge in [0.25, 0.3) is 0 Å². The quantitative estimate of drug-likeness (QED) is 0.0199. The van der Waals surface area contributed by atoms with E-state index in [1.165, 1.54) is 167 Å². The molecule has 17 unspecified atom stereocenters. The molecule has 0 aromatic carbocycles. The fourth-order valence-corrected chi connectivity index (χ4v) is 12.7. The van der Waals surface area contributed by atoms with Crippen LogP contribution in [0.3, 0.4) is 0 Å². The number of hydrogen-bond donors (Lipinski definition) is 12. The van der Waals surface area contributed by atoms with E-state index in [2.05, 4.69) is 67.8 Å². The van der Waals surface area contributed by atoms with E-state index < -0.39 is 124 Å². The van der Waals surface area contributed by atoms with E-state index in [4.69, 9.17) is 28.4 Å². The van der Waals surface area contributed by atoms with E-state index in [1.54, 1.807) is 6.08 Å². The molecular formula is C76H137NO18. The second-order valence-corrected chi connectivity index (χ2v) is 27.1. The topological polar surface area (TPSA) is 307 Å². The van der Waals surface area contributed by atoms with E-state index in [0.29, 0.717) is 6.42 Å². The second-order valence-electron chi connectivity index (χ2n) is 27.1. The fourth-order valence-electron chi connectivity index (χ4n) is 12.7. The van der Waals surface area contributed by atoms with Crippen LogP contribution in [-0.2, 0) is 33.2 Å². The third-order valence-corrected chi connectivity index (χ3v) is 18.8. The van der Waals surface area contributed by atoms with Crippen LogP contribution in [0.25, 0.3) is 0 Å². The molecule has 0 aromatic heterocycles. The molecule has 0 bridgehead atoms. The van der Waals surface area contributed by atoms with Gasteiger partial charge in [-0.05, 0) is 57.8 Å². The summed E-state index contributed by atoms with van der Waals surface area (Å²) >= 11 is 0. The summed E-state index contributed by atoms with van der Waals surface area (Å²) < 4.78 is 34.4. The predicted molar refractivity (Wildman–Crippen MR) is 374 cm³/mol. The number of unbranched alkanes of at least 4 members (excludes halogenated alkanes) is 35. The van der Waals surface area contributed by atoms with Gasteiger partial charge in [-0.2, -0.15) is 0 Å². The van der Waals surface area contributed by atoms with E-state index >= 15 is 0 Å². The molecule has 0 saturated carbocycles. The summed E-state index contributed by atoms with van der Waals surface area (Å²) in [6.45, 7) is 1.63. The highest BCUT2D eigenvalue weighted by molar-refractivity contribution is 5.76. The summed E-state index contributed by atoms with van der Waals surface area (Å²) in [5.74, 6) is -0.289. The number of hydrogen-bond acceptors (Lipinski definition) is 18. The smallest absolute Gasteiger partial charge is 0.220 e. The van der Waals surface area contributed by atoms with E-state index in [0.717, 1.165) is 89.9 Å². The number of amides is 1. The lowest BCUT2D eigenvalue weighted by Crippen LogP contribution is -2.66. The van der Waals surface area contributed by atoms with Gasteiger partial charge in [0.1, 0.15) is 73.2 Å². The average molecular weight is 1350 g/mol. The Balaban J connectivity index is 1.39. The number of ether oxygens (including phenoxy) is 6. The second kappa shape index (κ2) is 57.2. The van der Waals surface area contributed by atoms with Crippen LogP contribution >= 0.6 is 0 Å². The zero-order chi connectivity index (χ0) is 68.9. The molecular weight excluding hydrogens is 1210 g/mol. The zero-order valence-electron chi connectivity index (χ0n) is 58.9. The average Bonchev–Trinajstić information content (AvgIpc) is 0.787. The van der Waals surface area contributed by atoms with Gasteiger partial charge in [-0.1, -0.05) is 280 Å². The first-order valence-electron chi connectivity index (χ1n) is 38.0. The SMILES string of the molecule is CC/C=C\C/C=C\C/C=C\C/C=C\CCCCCCCCC(=O)NC(COC1OC(CO)C(OC2OC(CO)C(OC3OC(CO)C(O)C(O)C3O)C(O)C2O)C(O)C1O)C(O)/C=C/CCCCCCCCCCCCCCCCCCCCCCCCCCCCCCC. The van der Waals surface area contributed by atoms with E-state index in [9.17, 15) is 61.0 Å². The lowest BCUT2D eigenvalue weighted by Gasteiger charge is -2.48. The molecule has 19 heteroatoms. The molecule has 0 aromatic rings. The lowest BCUT2D eigenvalue weighted by molar-refractivity contribution is -0.379. The first kappa shape index (κ1) is 86.7. The van der Waals surface area contributed by atoms with Gasteiger partial charge >= 0.3 is 0 Å². The van der Waals surface area contributed by atoms with Crippen LogP contribution in [0.5, 0.6) is 0 Å². The molecule has 95 heavy (non-hydrogen) atoms. The van der Waals surface area contributed by atoms with Crippen molar-refractivity contribution in [2.75, 3.05) is 26.4 Å². The maximum absolute atomic E-state index is 13.4. The van der Waals surface area contributed by atoms with Crippen LogP contribution in [-0.4, -0.2) is 193 Å². The number of aliphatic hydroxyl groups excluding tert-OH is 11. The first-order chi connectivity index (χ1) is 46.3. The minimum absolute atomic E-state index is 0.225. The van der Waals surface area contributed by atoms with Crippen molar-refractivity contribution in [3.05, 3.63) is 60.8 Å². The normalized spacial score (nSPS) is 27.5. The van der Waals surface area contributed by atoms with Gasteiger partial charge in [0.15, 0.2) is 18.9 Å². The molecule has 0 aliphatic carbocycles. The van der Waals surface area contributed by atoms with Crippen LogP contribution in [0.15, 0.2) is 60.8 Å². The van der Waals surface area contributed by atoms with Gasteiger partial charge in [-0.3, -0.25) is 4.79 Å². The van der Waals surface area contributed by atoms with Gasteiger partial charge in [0.2, 0.25) is 5.91 Å². The highest BCUT2D eigenvalue weighted by Crippen LogP contribution is 2.33. The van der Waals surface area contributed by atoms with Crippen LogP contribution < -0.4 is 5.32 Å². The summed E-state index contributed by atoms with van der Waals surface area (Å²) in [6, 6.07) is -0.985. The molecule has 3 saturated heterocycles. The van der Waals surface area contributed by atoms with Crippen molar-refractivity contribution in [2.24, 2.45) is 0 Å². The summed E-state index contributed by atoms with van der Waals surface area (Å²) in [5, 5.41) is 121. The monoisotopic (exact) mass is 1350 g/mol. The van der Waals surface area contributed by atoms with Crippen LogP contribution in [0.2, 0.25) is 0 Å². The highest BCUT2D eigenvalue weighted by Gasteiger charge is 2.53. The summed E-state index contributed by atoms with van der Waals surface area (Å²) in [5.41, 5.74) is 0. The highest BCUT2D eigenvalue weighted by atomic mass is 16.8. The molecule has 554 valence electrons. The Morgan fingerprint density at radius 1 is 0.389 bits per heavy atom. The van der Waals surface area contributed by atoms with E-state index in [-0.39, 0.29) is 18.9 Å². The molecule has 3 aliphatic rings. The maximum Gasteiger partial charge on any atom is 0.220 e. The Morgan fingerprint density at radius 2 is 0.726 bits per heavy atom. The van der Waals surface area contributed by atoms with E-state index in [1.807, 2.05) is 6.08 Å². The summed E-state index contributed by atoms with van der Waals surface area (Å²) in [7, 11) is 0. The van der Waals surface area contributed by atoms with Gasteiger partial charge in [-0.25, -0.2) is 0 Å². The van der Waals surface area contributed by atoms with Gasteiger partial charge in [0, 0.05) is 6.42 Å². The largest absolute Gasteiger partial charge is 0.394 e. The number of nitrogens with one attached hydrogen (secondary N) is 1. The lowest BCUT2D eigenvalue weighted by atomic mass is 9.96. The fraction of sp³-hybridized carbons (Fsp3) is 0.855. The number of carbonyl (C=O) groups is 1. The standard InChI is InChI=1S/C76H137NO18/c1-3-5-7-9-11-13-15-17-19-21-23-24-25-26-27-28-29-30-31-32-33-34-36-37-39-41-43-45-47-49-51-53-60(81)59(77-64(82)54-52-50-48-46-44-42-40-38-35-22-20-18-16-14-12-10-8-6-4-2)58-90-74-70(88)67(85)72(62(56-79)92-74)95-76-71(89)68(86)73(63(57-80)93-76)94-75-69(87)66(84)65(83)61(55-78)91-75/h6,8,12,14,18,20,35,38,51,53,59-63,65-76,78-81,83-89H,3-5,7,9-11,13,15-17,19,21-34,36-37,39-50,52,54-58H2,1-2H3,(H,77,82)/b8-6-,14-12-,20-18-,38-35-,53-51+. The van der Waals surface area contributed by atoms with Crippen molar-refractivity contribution in [3.63, 3.8) is 0 Å². The minimum Gasteiger partial charge on any atom is -0.394 e. The van der Waals surface area contributed by atoms with Crippen molar-refractivity contribution in [3.8, 4) is 0 Å². The Kier molecular flexibility index (Phi) is 52.2. The Labute approximate surface area is 573 Å². The number of aliphatic hydroxyl groups is 11. The third kappa shape index (κ3) is 38.2. The minimum atomic E-state index is -1.98. The van der Waals surface area contributed by atoms with Gasteiger partial charge in [0.05, 0.1) is 38.6 Å². The zero-order valence-corrected chi connectivity index (χ0v) is 58.9. The Morgan fingerprint density at radius 3 is 1.14 bits per heavy atom. The van der Waals surface area contributed by atoms with Gasteiger partial charge < -0.3 is 89.9 Å². The van der Waals surface area contributed by atoms with Crippen molar-refractivity contribution in [1.82, 2.24) is 5.32 Å². The Hall–Kier alpha value is -2.51. The van der Waals surface area contributed by atoms with Crippen molar-refractivity contribution < 1.29 is 89.4 Å². The van der Waals surface area contributed by atoms with Crippen LogP contribution in [0, 0.1) is 0 Å². The summed E-state index contributed by atoms with van der Waals surface area (Å²) in [6.07, 6.45) is 44.9. The van der Waals surface area contributed by atoms with Crippen LogP contribution in [0.4, 0.5) is 0 Å². The molecule has 3 aliphatic heterocycles. The summed E-state index contributed by atoms with van der Waals surface area (Å²) in [4.78, 5) is 13.4. The molecule has 0 spiro atoms. The third-order valence-electron chi connectivity index (χ3n) is 18.8.